The van der Waals surface area contributed by atoms with Crippen LogP contribution in [-0.4, -0.2) is 35.5 Å². The van der Waals surface area contributed by atoms with E-state index in [9.17, 15) is 4.79 Å². The van der Waals surface area contributed by atoms with Crippen LogP contribution in [0.3, 0.4) is 0 Å². The van der Waals surface area contributed by atoms with Crippen LogP contribution >= 0.6 is 0 Å². The van der Waals surface area contributed by atoms with Gasteiger partial charge in [-0.3, -0.25) is 4.99 Å². The highest BCUT2D eigenvalue weighted by Gasteiger charge is 2.44. The Hall–Kier alpha value is -2.46. The van der Waals surface area contributed by atoms with Gasteiger partial charge in [0.15, 0.2) is 6.04 Å². The van der Waals surface area contributed by atoms with Crippen molar-refractivity contribution in [2.24, 2.45) is 10.9 Å². The van der Waals surface area contributed by atoms with Crippen LogP contribution in [0, 0.1) is 5.92 Å². The zero-order valence-corrected chi connectivity index (χ0v) is 20.1. The van der Waals surface area contributed by atoms with Crippen LogP contribution in [0.1, 0.15) is 71.4 Å². The van der Waals surface area contributed by atoms with E-state index in [0.29, 0.717) is 6.61 Å². The van der Waals surface area contributed by atoms with Crippen molar-refractivity contribution in [3.63, 3.8) is 0 Å². The first-order valence-electron chi connectivity index (χ1n) is 11.8. The Labute approximate surface area is 193 Å². The topological polar surface area (TPSA) is 47.9 Å². The van der Waals surface area contributed by atoms with Crippen LogP contribution < -0.4 is 0 Å². The van der Waals surface area contributed by atoms with Crippen molar-refractivity contribution in [3.8, 4) is 0 Å². The van der Waals surface area contributed by atoms with Crippen LogP contribution in [0.4, 0.5) is 0 Å². The van der Waals surface area contributed by atoms with E-state index in [0.717, 1.165) is 42.5 Å². The van der Waals surface area contributed by atoms with E-state index in [-0.39, 0.29) is 23.1 Å². The Kier molecular flexibility index (Phi) is 7.89. The van der Waals surface area contributed by atoms with Crippen molar-refractivity contribution in [1.29, 1.82) is 0 Å². The molecular weight excluding hydrogens is 398 g/mol. The molecule has 4 nitrogen and oxygen atoms in total. The number of nitrogens with zero attached hydrogens (tertiary/aromatic N) is 1. The monoisotopic (exact) mass is 435 g/mol. The van der Waals surface area contributed by atoms with E-state index in [1.807, 2.05) is 60.7 Å². The number of unbranched alkanes of at least 4 members (excludes halogenated alkanes) is 1. The molecule has 1 unspecified atom stereocenters. The minimum absolute atomic E-state index is 0.0327. The van der Waals surface area contributed by atoms with Gasteiger partial charge < -0.3 is 9.47 Å². The van der Waals surface area contributed by atoms with Gasteiger partial charge >= 0.3 is 5.97 Å². The molecule has 0 spiro atoms. The molecule has 0 radical (unpaired) electrons. The zero-order valence-electron chi connectivity index (χ0n) is 20.1. The van der Waals surface area contributed by atoms with Crippen molar-refractivity contribution >= 4 is 11.7 Å². The van der Waals surface area contributed by atoms with Gasteiger partial charge in [-0.25, -0.2) is 4.79 Å². The Morgan fingerprint density at radius 3 is 1.94 bits per heavy atom. The highest BCUT2D eigenvalue weighted by molar-refractivity contribution is 6.13. The molecule has 1 aliphatic rings. The lowest BCUT2D eigenvalue weighted by Crippen LogP contribution is -2.49. The second-order valence-corrected chi connectivity index (χ2v) is 9.97. The number of hydrogen-bond acceptors (Lipinski definition) is 4. The number of carbonyl (C=O) groups is 1. The van der Waals surface area contributed by atoms with Gasteiger partial charge in [0.25, 0.3) is 0 Å². The van der Waals surface area contributed by atoms with Crippen LogP contribution in [0.5, 0.6) is 0 Å². The maximum atomic E-state index is 13.4. The summed E-state index contributed by atoms with van der Waals surface area (Å²) in [6, 6.07) is 19.6. The number of hydrogen-bond donors (Lipinski definition) is 0. The van der Waals surface area contributed by atoms with Gasteiger partial charge in [-0.05, 0) is 52.9 Å². The van der Waals surface area contributed by atoms with Gasteiger partial charge in [0, 0.05) is 11.1 Å². The third-order valence-electron chi connectivity index (χ3n) is 5.85. The van der Waals surface area contributed by atoms with E-state index in [1.54, 1.807) is 0 Å². The summed E-state index contributed by atoms with van der Waals surface area (Å²) in [5.74, 6) is -0.202. The molecule has 1 aliphatic heterocycles. The van der Waals surface area contributed by atoms with Gasteiger partial charge in [-0.1, -0.05) is 74.0 Å². The lowest BCUT2D eigenvalue weighted by Gasteiger charge is -2.46. The van der Waals surface area contributed by atoms with Crippen LogP contribution in [0.15, 0.2) is 65.7 Å². The van der Waals surface area contributed by atoms with Crippen LogP contribution in [0.25, 0.3) is 0 Å². The number of rotatable bonds is 8. The van der Waals surface area contributed by atoms with Crippen LogP contribution in [-0.2, 0) is 14.3 Å². The molecule has 0 saturated carbocycles. The molecule has 0 amide bonds. The zero-order chi connectivity index (χ0) is 23.2. The predicted molar refractivity (Wildman–Crippen MR) is 130 cm³/mol. The fourth-order valence-electron chi connectivity index (χ4n) is 4.79. The number of ether oxygens (including phenoxy) is 2. The minimum atomic E-state index is -0.579. The summed E-state index contributed by atoms with van der Waals surface area (Å²) in [5.41, 5.74) is 2.16. The van der Waals surface area contributed by atoms with E-state index >= 15 is 0 Å². The fraction of sp³-hybridized carbons (Fsp3) is 0.500. The third kappa shape index (κ3) is 6.52. The third-order valence-corrected chi connectivity index (χ3v) is 5.85. The Balaban J connectivity index is 2.06. The molecule has 3 rings (SSSR count). The lowest BCUT2D eigenvalue weighted by molar-refractivity contribution is -0.179. The summed E-state index contributed by atoms with van der Waals surface area (Å²) in [6.45, 7) is 10.9. The number of benzene rings is 2. The smallest absolute Gasteiger partial charge is 0.331 e. The van der Waals surface area contributed by atoms with Crippen molar-refractivity contribution in [3.05, 3.63) is 71.8 Å². The standard InChI is InChI=1S/C28H37NO3/c1-6-7-18-31-26(30)25(23-19-27(2,3)32-28(4,5)20-23)29-24(21-14-10-8-11-15-21)22-16-12-9-13-17-22/h8-17,23,25H,6-7,18-20H2,1-5H3. The van der Waals surface area contributed by atoms with Crippen molar-refractivity contribution in [1.82, 2.24) is 0 Å². The first-order valence-corrected chi connectivity index (χ1v) is 11.8. The number of carbonyl (C=O) groups excluding carboxylic acids is 1. The van der Waals surface area contributed by atoms with Crippen molar-refractivity contribution in [2.75, 3.05) is 6.61 Å². The highest BCUT2D eigenvalue weighted by Crippen LogP contribution is 2.41. The van der Waals surface area contributed by atoms with Gasteiger partial charge in [0.1, 0.15) is 0 Å². The molecule has 4 heteroatoms. The molecule has 2 aromatic carbocycles. The first kappa shape index (κ1) is 24.2. The lowest BCUT2D eigenvalue weighted by atomic mass is 9.77. The molecule has 2 aromatic rings. The molecule has 0 aliphatic carbocycles. The molecule has 32 heavy (non-hydrogen) atoms. The molecule has 0 bridgehead atoms. The minimum Gasteiger partial charge on any atom is -0.464 e. The second kappa shape index (κ2) is 10.4. The molecule has 1 fully saturated rings. The fourth-order valence-corrected chi connectivity index (χ4v) is 4.79. The summed E-state index contributed by atoms with van der Waals surface area (Å²) in [5, 5.41) is 0. The van der Waals surface area contributed by atoms with Gasteiger partial charge in [0.05, 0.1) is 23.5 Å². The van der Waals surface area contributed by atoms with Gasteiger partial charge in [0.2, 0.25) is 0 Å². The molecular formula is C28H37NO3. The average Bonchev–Trinajstić information content (AvgIpc) is 2.73. The highest BCUT2D eigenvalue weighted by atomic mass is 16.5. The van der Waals surface area contributed by atoms with Crippen molar-refractivity contribution < 1.29 is 14.3 Å². The van der Waals surface area contributed by atoms with E-state index in [2.05, 4.69) is 34.6 Å². The molecule has 1 heterocycles. The molecule has 1 saturated heterocycles. The van der Waals surface area contributed by atoms with Gasteiger partial charge in [-0.15, -0.1) is 0 Å². The maximum absolute atomic E-state index is 13.4. The Bertz CT molecular complexity index is 845. The summed E-state index contributed by atoms with van der Waals surface area (Å²) in [7, 11) is 0. The normalized spacial score (nSPS) is 18.5. The van der Waals surface area contributed by atoms with E-state index in [4.69, 9.17) is 14.5 Å². The largest absolute Gasteiger partial charge is 0.464 e. The SMILES string of the molecule is CCCCOC(=O)C(N=C(c1ccccc1)c1ccccc1)C1CC(C)(C)OC(C)(C)C1. The molecule has 172 valence electrons. The Morgan fingerprint density at radius 1 is 0.969 bits per heavy atom. The summed E-state index contributed by atoms with van der Waals surface area (Å²) < 4.78 is 12.0. The number of aliphatic imine (C=N–C) groups is 1. The van der Waals surface area contributed by atoms with Gasteiger partial charge in [-0.2, -0.15) is 0 Å². The summed E-state index contributed by atoms with van der Waals surface area (Å²) in [4.78, 5) is 18.5. The summed E-state index contributed by atoms with van der Waals surface area (Å²) in [6.07, 6.45) is 3.35. The quantitative estimate of drug-likeness (QED) is 0.281. The maximum Gasteiger partial charge on any atom is 0.331 e. The Morgan fingerprint density at radius 2 is 1.47 bits per heavy atom. The summed E-state index contributed by atoms with van der Waals surface area (Å²) >= 11 is 0. The molecule has 1 atom stereocenters. The van der Waals surface area contributed by atoms with E-state index < -0.39 is 6.04 Å². The average molecular weight is 436 g/mol. The second-order valence-electron chi connectivity index (χ2n) is 9.97. The molecule has 0 N–H and O–H groups in total. The first-order chi connectivity index (χ1) is 15.2. The van der Waals surface area contributed by atoms with Crippen molar-refractivity contribution in [2.45, 2.75) is 77.5 Å². The molecule has 0 aromatic heterocycles. The van der Waals surface area contributed by atoms with E-state index in [1.165, 1.54) is 0 Å². The van der Waals surface area contributed by atoms with Crippen LogP contribution in [0.2, 0.25) is 0 Å². The predicted octanol–water partition coefficient (Wildman–Crippen LogP) is 6.22. The number of esters is 1.